The van der Waals surface area contributed by atoms with Crippen LogP contribution in [0.5, 0.6) is 0 Å². The molecular weight excluding hydrogens is 216 g/mol. The Balaban J connectivity index is 2.39. The fourth-order valence-corrected chi connectivity index (χ4v) is 2.43. The summed E-state index contributed by atoms with van der Waals surface area (Å²) in [5.41, 5.74) is 5.90. The van der Waals surface area contributed by atoms with Gasteiger partial charge < -0.3 is 10.5 Å². The molecule has 100 valence electrons. The molecule has 2 N–H and O–H groups in total. The quantitative estimate of drug-likeness (QED) is 0.743. The molecular formula is C13H26N2O2. The maximum Gasteiger partial charge on any atom is 0.320 e. The van der Waals surface area contributed by atoms with Crippen molar-refractivity contribution < 1.29 is 9.53 Å². The number of nitrogens with two attached hydrogens (primary N) is 1. The van der Waals surface area contributed by atoms with Crippen molar-refractivity contribution in [3.63, 3.8) is 0 Å². The highest BCUT2D eigenvalue weighted by molar-refractivity contribution is 5.71. The minimum absolute atomic E-state index is 0.0269. The molecule has 0 radical (unpaired) electrons. The number of hydrogen-bond donors (Lipinski definition) is 1. The Kier molecular flexibility index (Phi) is 5.92. The topological polar surface area (TPSA) is 55.6 Å². The molecule has 0 amide bonds. The summed E-state index contributed by atoms with van der Waals surface area (Å²) < 4.78 is 5.19. The van der Waals surface area contributed by atoms with Crippen LogP contribution in [-0.2, 0) is 9.53 Å². The summed E-state index contributed by atoms with van der Waals surface area (Å²) >= 11 is 0. The molecule has 0 aromatic carbocycles. The van der Waals surface area contributed by atoms with Crippen molar-refractivity contribution >= 4 is 5.97 Å². The van der Waals surface area contributed by atoms with Crippen molar-refractivity contribution in [1.82, 2.24) is 4.90 Å². The van der Waals surface area contributed by atoms with Gasteiger partial charge >= 0.3 is 5.97 Å². The number of hydrogen-bond acceptors (Lipinski definition) is 4. The van der Waals surface area contributed by atoms with E-state index in [2.05, 4.69) is 11.8 Å². The zero-order chi connectivity index (χ0) is 12.8. The summed E-state index contributed by atoms with van der Waals surface area (Å²) in [4.78, 5) is 13.9. The van der Waals surface area contributed by atoms with E-state index in [0.717, 1.165) is 32.2 Å². The predicted molar refractivity (Wildman–Crippen MR) is 68.7 cm³/mol. The molecule has 0 unspecified atom stereocenters. The van der Waals surface area contributed by atoms with Crippen LogP contribution in [0.1, 0.15) is 46.5 Å². The molecule has 0 heterocycles. The van der Waals surface area contributed by atoms with Crippen LogP contribution in [0, 0.1) is 0 Å². The molecule has 1 fully saturated rings. The van der Waals surface area contributed by atoms with Crippen LogP contribution >= 0.6 is 0 Å². The molecule has 0 spiro atoms. The second kappa shape index (κ2) is 6.97. The Morgan fingerprint density at radius 3 is 2.41 bits per heavy atom. The lowest BCUT2D eigenvalue weighted by Gasteiger charge is -2.34. The van der Waals surface area contributed by atoms with Gasteiger partial charge in [-0.3, -0.25) is 9.69 Å². The fourth-order valence-electron chi connectivity index (χ4n) is 2.43. The highest BCUT2D eigenvalue weighted by Crippen LogP contribution is 2.21. The average Bonchev–Trinajstić information content (AvgIpc) is 2.26. The molecule has 1 aliphatic carbocycles. The van der Waals surface area contributed by atoms with Gasteiger partial charge in [-0.15, -0.1) is 0 Å². The number of rotatable bonds is 5. The maximum absolute atomic E-state index is 11.6. The number of carbonyl (C=O) groups is 1. The zero-order valence-corrected chi connectivity index (χ0v) is 11.3. The minimum Gasteiger partial charge on any atom is -0.462 e. The third-order valence-electron chi connectivity index (χ3n) is 3.36. The van der Waals surface area contributed by atoms with Gasteiger partial charge in [-0.1, -0.05) is 6.92 Å². The van der Waals surface area contributed by atoms with Crippen LogP contribution in [-0.4, -0.2) is 42.1 Å². The van der Waals surface area contributed by atoms with Gasteiger partial charge in [0.2, 0.25) is 0 Å². The smallest absolute Gasteiger partial charge is 0.320 e. The van der Waals surface area contributed by atoms with Crippen molar-refractivity contribution in [2.75, 3.05) is 13.1 Å². The predicted octanol–water partition coefficient (Wildman–Crippen LogP) is 1.53. The number of esters is 1. The lowest BCUT2D eigenvalue weighted by atomic mass is 9.91. The number of nitrogens with zero attached hydrogens (tertiary/aromatic N) is 1. The monoisotopic (exact) mass is 242 g/mol. The third kappa shape index (κ3) is 5.04. The molecule has 17 heavy (non-hydrogen) atoms. The zero-order valence-electron chi connectivity index (χ0n) is 11.3. The van der Waals surface area contributed by atoms with Gasteiger partial charge in [-0.25, -0.2) is 0 Å². The van der Waals surface area contributed by atoms with E-state index in [0.29, 0.717) is 18.6 Å². The molecule has 0 aromatic heterocycles. The van der Waals surface area contributed by atoms with E-state index < -0.39 is 0 Å². The number of ether oxygens (including phenoxy) is 1. The van der Waals surface area contributed by atoms with Crippen molar-refractivity contribution in [2.45, 2.75) is 64.6 Å². The van der Waals surface area contributed by atoms with E-state index in [1.807, 2.05) is 13.8 Å². The number of likely N-dealkylation sites (N-methyl/N-ethyl adjacent to an activating group) is 1. The van der Waals surface area contributed by atoms with E-state index in [9.17, 15) is 4.79 Å². The molecule has 0 atom stereocenters. The highest BCUT2D eigenvalue weighted by atomic mass is 16.5. The first-order valence-corrected chi connectivity index (χ1v) is 6.72. The molecule has 1 rings (SSSR count). The van der Waals surface area contributed by atoms with Crippen LogP contribution in [0.4, 0.5) is 0 Å². The van der Waals surface area contributed by atoms with Crippen molar-refractivity contribution in [3.8, 4) is 0 Å². The van der Waals surface area contributed by atoms with Crippen LogP contribution in [0.2, 0.25) is 0 Å². The van der Waals surface area contributed by atoms with Gasteiger partial charge in [0, 0.05) is 12.1 Å². The SMILES string of the molecule is CCN(CC(=O)OC(C)C)C1CCC(N)CC1. The Morgan fingerprint density at radius 1 is 1.35 bits per heavy atom. The van der Waals surface area contributed by atoms with Crippen LogP contribution in [0.15, 0.2) is 0 Å². The minimum atomic E-state index is -0.114. The van der Waals surface area contributed by atoms with Crippen LogP contribution in [0.3, 0.4) is 0 Å². The Bertz CT molecular complexity index is 236. The van der Waals surface area contributed by atoms with E-state index in [1.165, 1.54) is 0 Å². The molecule has 4 heteroatoms. The second-order valence-electron chi connectivity index (χ2n) is 5.17. The van der Waals surface area contributed by atoms with Gasteiger partial charge in [-0.2, -0.15) is 0 Å². The molecule has 0 bridgehead atoms. The first kappa shape index (κ1) is 14.5. The fraction of sp³-hybridized carbons (Fsp3) is 0.923. The summed E-state index contributed by atoms with van der Waals surface area (Å²) in [6, 6.07) is 0.854. The summed E-state index contributed by atoms with van der Waals surface area (Å²) in [6.45, 7) is 7.17. The van der Waals surface area contributed by atoms with Gasteiger partial charge in [0.25, 0.3) is 0 Å². The Labute approximate surface area is 104 Å². The first-order valence-electron chi connectivity index (χ1n) is 6.72. The second-order valence-corrected chi connectivity index (χ2v) is 5.17. The summed E-state index contributed by atoms with van der Waals surface area (Å²) in [5, 5.41) is 0. The van der Waals surface area contributed by atoms with E-state index in [4.69, 9.17) is 10.5 Å². The molecule has 1 aliphatic rings. The maximum atomic E-state index is 11.6. The first-order chi connectivity index (χ1) is 8.02. The van der Waals surface area contributed by atoms with Crippen molar-refractivity contribution in [1.29, 1.82) is 0 Å². The summed E-state index contributed by atoms with van der Waals surface area (Å²) in [7, 11) is 0. The van der Waals surface area contributed by atoms with Gasteiger partial charge in [-0.05, 0) is 46.1 Å². The van der Waals surface area contributed by atoms with Crippen molar-refractivity contribution in [3.05, 3.63) is 0 Å². The molecule has 0 aromatic rings. The lowest BCUT2D eigenvalue weighted by Crippen LogP contribution is -2.43. The summed E-state index contributed by atoms with van der Waals surface area (Å²) in [5.74, 6) is -0.114. The standard InChI is InChI=1S/C13H26N2O2/c1-4-15(9-13(16)17-10(2)3)12-7-5-11(14)6-8-12/h10-12H,4-9,14H2,1-3H3. The van der Waals surface area contributed by atoms with E-state index >= 15 is 0 Å². The molecule has 1 saturated carbocycles. The van der Waals surface area contributed by atoms with Crippen molar-refractivity contribution in [2.24, 2.45) is 5.73 Å². The lowest BCUT2D eigenvalue weighted by molar-refractivity contribution is -0.149. The van der Waals surface area contributed by atoms with Gasteiger partial charge in [0.15, 0.2) is 0 Å². The van der Waals surface area contributed by atoms with E-state index in [1.54, 1.807) is 0 Å². The highest BCUT2D eigenvalue weighted by Gasteiger charge is 2.25. The van der Waals surface area contributed by atoms with Gasteiger partial charge in [0.1, 0.15) is 0 Å². The molecule has 0 aliphatic heterocycles. The molecule has 0 saturated heterocycles. The molecule has 4 nitrogen and oxygen atoms in total. The Morgan fingerprint density at radius 2 is 1.94 bits per heavy atom. The average molecular weight is 242 g/mol. The number of carbonyl (C=O) groups excluding carboxylic acids is 1. The van der Waals surface area contributed by atoms with Crippen LogP contribution < -0.4 is 5.73 Å². The van der Waals surface area contributed by atoms with Crippen LogP contribution in [0.25, 0.3) is 0 Å². The van der Waals surface area contributed by atoms with Gasteiger partial charge in [0.05, 0.1) is 12.6 Å². The Hall–Kier alpha value is -0.610. The largest absolute Gasteiger partial charge is 0.462 e. The third-order valence-corrected chi connectivity index (χ3v) is 3.36. The van der Waals surface area contributed by atoms with E-state index in [-0.39, 0.29) is 12.1 Å². The summed E-state index contributed by atoms with van der Waals surface area (Å²) in [6.07, 6.45) is 4.32. The normalized spacial score (nSPS) is 25.3.